The van der Waals surface area contributed by atoms with Crippen LogP contribution >= 0.6 is 0 Å². The molecule has 0 N–H and O–H groups in total. The highest BCUT2D eigenvalue weighted by Gasteiger charge is 2.24. The molecule has 0 spiro atoms. The number of halogens is 5. The van der Waals surface area contributed by atoms with Crippen molar-refractivity contribution >= 4 is 17.6 Å². The van der Waals surface area contributed by atoms with Gasteiger partial charge in [0.05, 0.1) is 21.1 Å². The van der Waals surface area contributed by atoms with E-state index >= 15 is 0 Å². The second-order valence-corrected chi connectivity index (χ2v) is 7.27. The van der Waals surface area contributed by atoms with Gasteiger partial charge in [0.25, 0.3) is 0 Å². The minimum Gasteiger partial charge on any atom is -0.415 e. The van der Waals surface area contributed by atoms with Gasteiger partial charge in [-0.15, -0.1) is 15.3 Å². The normalized spacial score (nSPS) is 10.2. The van der Waals surface area contributed by atoms with E-state index in [0.29, 0.717) is 10.2 Å². The van der Waals surface area contributed by atoms with E-state index in [0.717, 1.165) is 18.0 Å². The minimum atomic E-state index is -1.88. The molecule has 3 aromatic rings. The quantitative estimate of drug-likeness (QED) is 0.129. The molecule has 0 saturated heterocycles. The highest BCUT2D eigenvalue weighted by atomic mass is 19.2. The molecule has 0 unspecified atom stereocenters. The fourth-order valence-electron chi connectivity index (χ4n) is 2.08. The maximum Gasteiger partial charge on any atom is 0.364 e. The Labute approximate surface area is 199 Å². The Morgan fingerprint density at radius 1 is 0.771 bits per heavy atom. The van der Waals surface area contributed by atoms with Crippen LogP contribution in [0.4, 0.5) is 27.8 Å². The predicted octanol–water partition coefficient (Wildman–Crippen LogP) is 4.54. The first-order valence-electron chi connectivity index (χ1n) is 9.02. The topological polar surface area (TPSA) is 94.9 Å². The fraction of sp³-hybridized carbons (Fsp3) is 0.273. The highest BCUT2D eigenvalue weighted by molar-refractivity contribution is 5.92. The lowest BCUT2D eigenvalue weighted by atomic mass is 10.3. The number of carbonyl (C=O) groups excluding carboxylic acids is 2. The Bertz CT molecular complexity index is 1140. The number of ether oxygens (including phenoxy) is 1. The number of rotatable bonds is 4. The molecule has 0 aliphatic carbocycles. The van der Waals surface area contributed by atoms with E-state index in [1.807, 2.05) is 27.2 Å². The Hall–Kier alpha value is -3.87. The van der Waals surface area contributed by atoms with E-state index in [1.54, 1.807) is 6.07 Å². The van der Waals surface area contributed by atoms with E-state index in [1.165, 1.54) is 6.92 Å². The summed E-state index contributed by atoms with van der Waals surface area (Å²) < 4.78 is 69.4. The maximum absolute atomic E-state index is 13.2. The van der Waals surface area contributed by atoms with Crippen LogP contribution in [0.5, 0.6) is 5.75 Å². The summed E-state index contributed by atoms with van der Waals surface area (Å²) in [7, 11) is 5.99. The molecule has 1 aromatic carbocycles. The average Bonchev–Trinajstić information content (AvgIpc) is 2.75. The van der Waals surface area contributed by atoms with Gasteiger partial charge < -0.3 is 4.74 Å². The molecule has 0 aliphatic heterocycles. The lowest BCUT2D eigenvalue weighted by molar-refractivity contribution is 0.0709. The van der Waals surface area contributed by atoms with Crippen LogP contribution in [-0.4, -0.2) is 53.3 Å². The average molecular weight is 501 g/mol. The van der Waals surface area contributed by atoms with Gasteiger partial charge in [0.15, 0.2) is 23.1 Å². The zero-order valence-corrected chi connectivity index (χ0v) is 17.7. The smallest absolute Gasteiger partial charge is 0.364 e. The first kappa shape index (κ1) is 31.1. The lowest BCUT2D eigenvalue weighted by Crippen LogP contribution is -2.36. The molecule has 0 atom stereocenters. The SMILES string of the molecule is C.C.CC(=O)c1ccc([N+](C)(C)C)nn1.O=C(Oc1c(F)c(F)cc(F)c1F)c1ccc([18F])nn1. The molecule has 0 amide bonds. The molecule has 35 heavy (non-hydrogen) atoms. The van der Waals surface area contributed by atoms with Gasteiger partial charge in [0, 0.05) is 19.1 Å². The molecule has 0 radical (unpaired) electrons. The molecule has 8 nitrogen and oxygen atoms in total. The van der Waals surface area contributed by atoms with Crippen molar-refractivity contribution in [2.45, 2.75) is 21.8 Å². The molecule has 2 heterocycles. The van der Waals surface area contributed by atoms with Gasteiger partial charge in [-0.2, -0.15) is 13.2 Å². The third-order valence-electron chi connectivity index (χ3n) is 3.81. The summed E-state index contributed by atoms with van der Waals surface area (Å²) in [4.78, 5) is 22.3. The van der Waals surface area contributed by atoms with Crippen molar-refractivity contribution < 1.29 is 36.3 Å². The summed E-state index contributed by atoms with van der Waals surface area (Å²) in [6.45, 7) is 1.48. The molecule has 13 heteroatoms. The zero-order chi connectivity index (χ0) is 24.9. The molecule has 0 bridgehead atoms. The number of aromatic nitrogens is 4. The van der Waals surface area contributed by atoms with Gasteiger partial charge >= 0.3 is 5.97 Å². The van der Waals surface area contributed by atoms with Crippen LogP contribution in [0.15, 0.2) is 30.3 Å². The number of Topliss-reactive ketones (excluding diaryl/α,β-unsaturated/α-hetero) is 1. The van der Waals surface area contributed by atoms with Gasteiger partial charge in [-0.1, -0.05) is 20.0 Å². The number of ketones is 1. The number of hydrogen-bond donors (Lipinski definition) is 0. The Morgan fingerprint density at radius 3 is 1.69 bits per heavy atom. The van der Waals surface area contributed by atoms with Crippen LogP contribution in [0.25, 0.3) is 0 Å². The monoisotopic (exact) mass is 501 g/mol. The lowest BCUT2D eigenvalue weighted by Gasteiger charge is -2.20. The van der Waals surface area contributed by atoms with Crippen molar-refractivity contribution in [1.82, 2.24) is 24.9 Å². The predicted molar refractivity (Wildman–Crippen MR) is 118 cm³/mol. The molecule has 2 aromatic heterocycles. The van der Waals surface area contributed by atoms with Crippen LogP contribution in [-0.2, 0) is 0 Å². The molecule has 0 fully saturated rings. The van der Waals surface area contributed by atoms with Crippen LogP contribution < -0.4 is 9.22 Å². The van der Waals surface area contributed by atoms with Crippen molar-refractivity contribution in [3.63, 3.8) is 0 Å². The number of quaternary nitrogens is 1. The van der Waals surface area contributed by atoms with Crippen molar-refractivity contribution in [3.8, 4) is 5.75 Å². The Morgan fingerprint density at radius 2 is 1.29 bits per heavy atom. The van der Waals surface area contributed by atoms with Gasteiger partial charge in [0.2, 0.25) is 29.1 Å². The van der Waals surface area contributed by atoms with Gasteiger partial charge in [-0.3, -0.25) is 9.28 Å². The van der Waals surface area contributed by atoms with E-state index < -0.39 is 46.6 Å². The van der Waals surface area contributed by atoms with Gasteiger partial charge in [0.1, 0.15) is 5.69 Å². The molecule has 3 rings (SSSR count). The number of hydrogen-bond acceptors (Lipinski definition) is 7. The summed E-state index contributed by atoms with van der Waals surface area (Å²) >= 11 is 0. The summed E-state index contributed by atoms with van der Waals surface area (Å²) in [6, 6.07) is 5.04. The summed E-state index contributed by atoms with van der Waals surface area (Å²) in [5, 5.41) is 13.7. The summed E-state index contributed by atoms with van der Waals surface area (Å²) in [5.41, 5.74) is -0.188. The summed E-state index contributed by atoms with van der Waals surface area (Å²) in [6.07, 6.45) is 0. The minimum absolute atomic E-state index is 0. The van der Waals surface area contributed by atoms with Crippen molar-refractivity contribution in [1.29, 1.82) is 0 Å². The van der Waals surface area contributed by atoms with Crippen LogP contribution in [0.3, 0.4) is 0 Å². The molecule has 0 aliphatic rings. The second kappa shape index (κ2) is 12.6. The van der Waals surface area contributed by atoms with Gasteiger partial charge in [-0.05, 0) is 18.2 Å². The third kappa shape index (κ3) is 8.14. The molecule has 0 saturated carbocycles. The van der Waals surface area contributed by atoms with Crippen LogP contribution in [0.2, 0.25) is 0 Å². The van der Waals surface area contributed by atoms with Crippen molar-refractivity contribution in [2.24, 2.45) is 0 Å². The van der Waals surface area contributed by atoms with Crippen LogP contribution in [0, 0.1) is 29.2 Å². The molecular formula is C22H25F5N5O3+. The maximum atomic E-state index is 13.2. The van der Waals surface area contributed by atoms with Crippen molar-refractivity contribution in [3.05, 3.63) is 70.9 Å². The van der Waals surface area contributed by atoms with Crippen molar-refractivity contribution in [2.75, 3.05) is 21.1 Å². The van der Waals surface area contributed by atoms with Crippen LogP contribution in [0.1, 0.15) is 42.8 Å². The number of nitrogens with zero attached hydrogens (tertiary/aromatic N) is 5. The Kier molecular flexibility index (Phi) is 11.2. The number of carbonyl (C=O) groups is 2. The highest BCUT2D eigenvalue weighted by Crippen LogP contribution is 2.27. The largest absolute Gasteiger partial charge is 0.415 e. The number of benzene rings is 1. The zero-order valence-electron chi connectivity index (χ0n) is 17.7. The van der Waals surface area contributed by atoms with E-state index in [9.17, 15) is 31.5 Å². The van der Waals surface area contributed by atoms with E-state index in [-0.39, 0.29) is 26.7 Å². The van der Waals surface area contributed by atoms with E-state index in [4.69, 9.17) is 0 Å². The first-order chi connectivity index (χ1) is 15.3. The third-order valence-corrected chi connectivity index (χ3v) is 3.81. The second-order valence-electron chi connectivity index (χ2n) is 7.27. The van der Waals surface area contributed by atoms with E-state index in [2.05, 4.69) is 25.1 Å². The fourth-order valence-corrected chi connectivity index (χ4v) is 2.08. The number of esters is 1. The standard InChI is InChI=1S/C11H3F5N2O2.C9H14N3O.2CH4/c12-4-3-5(13)9(16)10(8(4)15)20-11(19)6-1-2-7(14)18-17-6;1-7(13)8-5-6-9(11-10-8)12(2,3)4;;/h1-3H;5-6H,1-4H3;2*1H4/q;+1;;/i14-1;;;. The molecule has 190 valence electrons. The van der Waals surface area contributed by atoms with Gasteiger partial charge in [-0.25, -0.2) is 13.6 Å². The first-order valence-corrected chi connectivity index (χ1v) is 9.02. The Balaban J connectivity index is 0.000000677. The molecular weight excluding hydrogens is 476 g/mol. The summed E-state index contributed by atoms with van der Waals surface area (Å²) in [5.74, 6) is -10.5.